The summed E-state index contributed by atoms with van der Waals surface area (Å²) in [4.78, 5) is 0. The number of allylic oxidation sites excluding steroid dienone is 2. The van der Waals surface area contributed by atoms with Gasteiger partial charge in [-0.2, -0.15) is 0 Å². The summed E-state index contributed by atoms with van der Waals surface area (Å²) >= 11 is 0. The summed E-state index contributed by atoms with van der Waals surface area (Å²) in [6.07, 6.45) is 6.66. The minimum Gasteiger partial charge on any atom is -0.486 e. The smallest absolute Gasteiger partial charge is 0.123 e. The molecular formula is C14H16O. The quantitative estimate of drug-likeness (QED) is 0.709. The zero-order valence-electron chi connectivity index (χ0n) is 9.18. The fourth-order valence-electron chi connectivity index (χ4n) is 1.79. The minimum absolute atomic E-state index is 0.163. The standard InChI is InChI=1S/C14H16O/c1-11-8-9-14(12(2)10-11)15-13-6-4-3-5-7-13/h3-10,12,14H,1-2H3. The van der Waals surface area contributed by atoms with Crippen LogP contribution in [0.2, 0.25) is 0 Å². The lowest BCUT2D eigenvalue weighted by Crippen LogP contribution is -2.23. The normalized spacial score (nSPS) is 24.8. The fraction of sp³-hybridized carbons (Fsp3) is 0.286. The van der Waals surface area contributed by atoms with Crippen molar-refractivity contribution in [3.8, 4) is 5.75 Å². The van der Waals surface area contributed by atoms with Gasteiger partial charge in [0.15, 0.2) is 0 Å². The first-order chi connectivity index (χ1) is 7.25. The van der Waals surface area contributed by atoms with Gasteiger partial charge in [0.05, 0.1) is 0 Å². The van der Waals surface area contributed by atoms with E-state index in [1.165, 1.54) is 5.57 Å². The van der Waals surface area contributed by atoms with Gasteiger partial charge in [-0.1, -0.05) is 42.8 Å². The maximum Gasteiger partial charge on any atom is 0.123 e. The molecule has 15 heavy (non-hydrogen) atoms. The van der Waals surface area contributed by atoms with E-state index in [9.17, 15) is 0 Å². The monoisotopic (exact) mass is 200 g/mol. The molecule has 0 heterocycles. The van der Waals surface area contributed by atoms with Crippen molar-refractivity contribution in [2.24, 2.45) is 5.92 Å². The third-order valence-corrected chi connectivity index (χ3v) is 2.61. The van der Waals surface area contributed by atoms with Crippen molar-refractivity contribution >= 4 is 0 Å². The Morgan fingerprint density at radius 3 is 2.53 bits per heavy atom. The SMILES string of the molecule is CC1=CC(C)C(Oc2ccccc2)C=C1. The number of hydrogen-bond donors (Lipinski definition) is 0. The largest absolute Gasteiger partial charge is 0.486 e. The van der Waals surface area contributed by atoms with E-state index >= 15 is 0 Å². The molecule has 78 valence electrons. The molecule has 0 amide bonds. The molecule has 0 saturated heterocycles. The second-order valence-corrected chi connectivity index (χ2v) is 4.02. The molecule has 0 aromatic heterocycles. The van der Waals surface area contributed by atoms with Crippen LogP contribution in [0, 0.1) is 5.92 Å². The zero-order valence-corrected chi connectivity index (χ0v) is 9.18. The molecule has 0 spiro atoms. The summed E-state index contributed by atoms with van der Waals surface area (Å²) in [6, 6.07) is 9.97. The van der Waals surface area contributed by atoms with E-state index in [2.05, 4.69) is 32.1 Å². The molecule has 1 aromatic rings. The molecule has 0 bridgehead atoms. The first-order valence-electron chi connectivity index (χ1n) is 5.34. The van der Waals surface area contributed by atoms with Crippen molar-refractivity contribution in [1.29, 1.82) is 0 Å². The van der Waals surface area contributed by atoms with E-state index in [1.807, 2.05) is 30.3 Å². The van der Waals surface area contributed by atoms with Gasteiger partial charge in [0, 0.05) is 5.92 Å². The summed E-state index contributed by atoms with van der Waals surface area (Å²) in [5.41, 5.74) is 1.32. The first-order valence-corrected chi connectivity index (χ1v) is 5.34. The van der Waals surface area contributed by atoms with Crippen molar-refractivity contribution in [3.05, 3.63) is 54.1 Å². The molecule has 0 saturated carbocycles. The highest BCUT2D eigenvalue weighted by Gasteiger charge is 2.16. The van der Waals surface area contributed by atoms with Crippen LogP contribution in [0.1, 0.15) is 13.8 Å². The highest BCUT2D eigenvalue weighted by Crippen LogP contribution is 2.22. The molecule has 2 unspecified atom stereocenters. The maximum atomic E-state index is 5.88. The third-order valence-electron chi connectivity index (χ3n) is 2.61. The third kappa shape index (κ3) is 2.50. The van der Waals surface area contributed by atoms with Crippen LogP contribution in [0.25, 0.3) is 0 Å². The van der Waals surface area contributed by atoms with Crippen LogP contribution in [-0.2, 0) is 0 Å². The number of benzene rings is 1. The van der Waals surface area contributed by atoms with Crippen molar-refractivity contribution in [2.75, 3.05) is 0 Å². The van der Waals surface area contributed by atoms with Gasteiger partial charge in [0.25, 0.3) is 0 Å². The minimum atomic E-state index is 0.163. The van der Waals surface area contributed by atoms with Gasteiger partial charge in [-0.15, -0.1) is 0 Å². The number of ether oxygens (including phenoxy) is 1. The Morgan fingerprint density at radius 2 is 1.87 bits per heavy atom. The van der Waals surface area contributed by atoms with Crippen molar-refractivity contribution in [3.63, 3.8) is 0 Å². The lowest BCUT2D eigenvalue weighted by Gasteiger charge is -2.23. The van der Waals surface area contributed by atoms with Gasteiger partial charge >= 0.3 is 0 Å². The maximum absolute atomic E-state index is 5.88. The van der Waals surface area contributed by atoms with Gasteiger partial charge in [0.1, 0.15) is 11.9 Å². The Kier molecular flexibility index (Phi) is 2.91. The van der Waals surface area contributed by atoms with Crippen LogP contribution in [0.5, 0.6) is 5.75 Å². The van der Waals surface area contributed by atoms with Gasteiger partial charge in [0.2, 0.25) is 0 Å². The highest BCUT2D eigenvalue weighted by molar-refractivity contribution is 5.27. The second-order valence-electron chi connectivity index (χ2n) is 4.02. The molecule has 2 rings (SSSR count). The van der Waals surface area contributed by atoms with Gasteiger partial charge in [-0.25, -0.2) is 0 Å². The topological polar surface area (TPSA) is 9.23 Å². The molecule has 1 aliphatic rings. The highest BCUT2D eigenvalue weighted by atomic mass is 16.5. The van der Waals surface area contributed by atoms with E-state index < -0.39 is 0 Å². The summed E-state index contributed by atoms with van der Waals surface area (Å²) < 4.78 is 5.88. The van der Waals surface area contributed by atoms with Crippen molar-refractivity contribution in [2.45, 2.75) is 20.0 Å². The molecule has 1 aliphatic carbocycles. The molecule has 1 heteroatoms. The Bertz CT molecular complexity index is 376. The lowest BCUT2D eigenvalue weighted by atomic mass is 9.96. The molecule has 0 radical (unpaired) electrons. The zero-order chi connectivity index (χ0) is 10.7. The Hall–Kier alpha value is -1.50. The van der Waals surface area contributed by atoms with Crippen LogP contribution in [-0.4, -0.2) is 6.10 Å². The Balaban J connectivity index is 2.06. The number of hydrogen-bond acceptors (Lipinski definition) is 1. The molecule has 1 nitrogen and oxygen atoms in total. The molecule has 0 aliphatic heterocycles. The van der Waals surface area contributed by atoms with Crippen LogP contribution in [0.4, 0.5) is 0 Å². The summed E-state index contributed by atoms with van der Waals surface area (Å²) in [7, 11) is 0. The van der Waals surface area contributed by atoms with E-state index in [1.54, 1.807) is 0 Å². The first kappa shape index (κ1) is 10.0. The van der Waals surface area contributed by atoms with Crippen LogP contribution >= 0.6 is 0 Å². The average Bonchev–Trinajstić information content (AvgIpc) is 2.24. The molecule has 1 aromatic carbocycles. The summed E-state index contributed by atoms with van der Waals surface area (Å²) in [5.74, 6) is 1.38. The lowest BCUT2D eigenvalue weighted by molar-refractivity contribution is 0.209. The molecular weight excluding hydrogens is 184 g/mol. The van der Waals surface area contributed by atoms with E-state index in [0.717, 1.165) is 5.75 Å². The number of para-hydroxylation sites is 1. The van der Waals surface area contributed by atoms with Crippen LogP contribution < -0.4 is 4.74 Å². The average molecular weight is 200 g/mol. The van der Waals surface area contributed by atoms with Gasteiger partial charge in [-0.3, -0.25) is 0 Å². The summed E-state index contributed by atoms with van der Waals surface area (Å²) in [5, 5.41) is 0. The second kappa shape index (κ2) is 4.35. The van der Waals surface area contributed by atoms with Crippen LogP contribution in [0.3, 0.4) is 0 Å². The molecule has 2 atom stereocenters. The van der Waals surface area contributed by atoms with E-state index in [-0.39, 0.29) is 6.10 Å². The molecule has 0 N–H and O–H groups in total. The van der Waals surface area contributed by atoms with Gasteiger partial charge < -0.3 is 4.74 Å². The Labute approximate surface area is 91.1 Å². The molecule has 0 fully saturated rings. The van der Waals surface area contributed by atoms with Crippen molar-refractivity contribution < 1.29 is 4.74 Å². The predicted octanol–water partition coefficient (Wildman–Crippen LogP) is 3.59. The van der Waals surface area contributed by atoms with Gasteiger partial charge in [-0.05, 0) is 25.1 Å². The number of rotatable bonds is 2. The Morgan fingerprint density at radius 1 is 1.13 bits per heavy atom. The van der Waals surface area contributed by atoms with Crippen molar-refractivity contribution in [1.82, 2.24) is 0 Å². The van der Waals surface area contributed by atoms with Crippen LogP contribution in [0.15, 0.2) is 54.1 Å². The summed E-state index contributed by atoms with van der Waals surface area (Å²) in [6.45, 7) is 4.30. The fourth-order valence-corrected chi connectivity index (χ4v) is 1.79. The van der Waals surface area contributed by atoms with E-state index in [4.69, 9.17) is 4.74 Å². The van der Waals surface area contributed by atoms with E-state index in [0.29, 0.717) is 5.92 Å². The predicted molar refractivity (Wildman–Crippen MR) is 62.9 cm³/mol.